The molecular weight excluding hydrogens is 438 g/mol. The van der Waals surface area contributed by atoms with Gasteiger partial charge in [0.1, 0.15) is 0 Å². The normalized spacial score (nSPS) is 24.8. The number of rotatable bonds is 10. The van der Waals surface area contributed by atoms with Gasteiger partial charge in [0.25, 0.3) is 0 Å². The third-order valence-corrected chi connectivity index (χ3v) is 8.68. The Bertz CT molecular complexity index is 935. The molecule has 0 amide bonds. The van der Waals surface area contributed by atoms with Gasteiger partial charge in [-0.1, -0.05) is 56.0 Å². The van der Waals surface area contributed by atoms with E-state index in [2.05, 4.69) is 24.8 Å². The fraction of sp³-hybridized carbons (Fsp3) is 0.562. The number of allylic oxidation sites excluding steroid dienone is 1. The van der Waals surface area contributed by atoms with E-state index in [1.165, 1.54) is 82.3 Å². The molecule has 4 rings (SSSR count). The topological polar surface area (TPSA) is 9.23 Å². The molecule has 2 aromatic carbocycles. The highest BCUT2D eigenvalue weighted by molar-refractivity contribution is 5.65. The lowest BCUT2D eigenvalue weighted by Crippen LogP contribution is -2.26. The molecule has 0 unspecified atom stereocenters. The van der Waals surface area contributed by atoms with Crippen molar-refractivity contribution in [3.63, 3.8) is 0 Å². The molecule has 0 spiro atoms. The maximum atomic E-state index is 14.5. The summed E-state index contributed by atoms with van der Waals surface area (Å²) >= 11 is 0. The zero-order valence-electron chi connectivity index (χ0n) is 21.4. The maximum absolute atomic E-state index is 14.5. The molecule has 2 aromatic rings. The number of benzene rings is 2. The van der Waals surface area contributed by atoms with E-state index in [1.54, 1.807) is 13.0 Å². The van der Waals surface area contributed by atoms with E-state index in [1.807, 2.05) is 12.1 Å². The van der Waals surface area contributed by atoms with Gasteiger partial charge >= 0.3 is 0 Å². The number of ether oxygens (including phenoxy) is 1. The third kappa shape index (κ3) is 6.74. The van der Waals surface area contributed by atoms with Gasteiger partial charge in [0.2, 0.25) is 5.82 Å². The summed E-state index contributed by atoms with van der Waals surface area (Å²) in [6.07, 6.45) is 18.2. The first-order chi connectivity index (χ1) is 17.1. The molecular formula is C32H42F2O. The summed E-state index contributed by atoms with van der Waals surface area (Å²) in [4.78, 5) is 0. The van der Waals surface area contributed by atoms with Gasteiger partial charge < -0.3 is 4.74 Å². The van der Waals surface area contributed by atoms with Crippen molar-refractivity contribution >= 4 is 0 Å². The molecule has 2 saturated carbocycles. The van der Waals surface area contributed by atoms with Crippen LogP contribution in [0.25, 0.3) is 11.1 Å². The lowest BCUT2D eigenvalue weighted by molar-refractivity contribution is 0.141. The van der Waals surface area contributed by atoms with Crippen molar-refractivity contribution in [2.45, 2.75) is 84.0 Å². The van der Waals surface area contributed by atoms with Crippen LogP contribution in [0.1, 0.15) is 83.1 Å². The molecule has 35 heavy (non-hydrogen) atoms. The zero-order valence-corrected chi connectivity index (χ0v) is 21.4. The van der Waals surface area contributed by atoms with Crippen molar-refractivity contribution in [3.8, 4) is 16.9 Å². The van der Waals surface area contributed by atoms with Gasteiger partial charge in [0, 0.05) is 5.56 Å². The Morgan fingerprint density at radius 3 is 1.97 bits per heavy atom. The van der Waals surface area contributed by atoms with Gasteiger partial charge in [0.15, 0.2) is 11.6 Å². The van der Waals surface area contributed by atoms with E-state index in [9.17, 15) is 8.78 Å². The Balaban J connectivity index is 1.22. The quantitative estimate of drug-likeness (QED) is 0.308. The Morgan fingerprint density at radius 2 is 1.40 bits per heavy atom. The van der Waals surface area contributed by atoms with Crippen molar-refractivity contribution in [2.24, 2.45) is 23.7 Å². The minimum absolute atomic E-state index is 0.0312. The molecule has 0 radical (unpaired) electrons. The molecule has 0 aliphatic heterocycles. The lowest BCUT2D eigenvalue weighted by Gasteiger charge is -2.38. The molecule has 0 saturated heterocycles. The summed E-state index contributed by atoms with van der Waals surface area (Å²) in [7, 11) is 0. The van der Waals surface area contributed by atoms with E-state index in [0.717, 1.165) is 30.1 Å². The molecule has 0 N–H and O–H groups in total. The Kier molecular flexibility index (Phi) is 9.40. The first-order valence-electron chi connectivity index (χ1n) is 13.9. The van der Waals surface area contributed by atoms with E-state index >= 15 is 0 Å². The van der Waals surface area contributed by atoms with Gasteiger partial charge in [0.05, 0.1) is 6.61 Å². The lowest BCUT2D eigenvalue weighted by atomic mass is 9.68. The summed E-state index contributed by atoms with van der Waals surface area (Å²) in [5.74, 6) is 1.91. The minimum atomic E-state index is -0.912. The van der Waals surface area contributed by atoms with Gasteiger partial charge in [-0.2, -0.15) is 4.39 Å². The number of hydrogen-bond acceptors (Lipinski definition) is 1. The van der Waals surface area contributed by atoms with E-state index in [4.69, 9.17) is 4.74 Å². The molecule has 190 valence electrons. The van der Waals surface area contributed by atoms with E-state index in [0.29, 0.717) is 12.2 Å². The minimum Gasteiger partial charge on any atom is -0.491 e. The monoisotopic (exact) mass is 480 g/mol. The molecule has 3 heteroatoms. The molecule has 0 atom stereocenters. The Hall–Kier alpha value is -2.16. The first kappa shape index (κ1) is 25.9. The highest BCUT2D eigenvalue weighted by Gasteiger charge is 2.30. The van der Waals surface area contributed by atoms with Crippen LogP contribution in [0.5, 0.6) is 5.75 Å². The second-order valence-electron chi connectivity index (χ2n) is 10.8. The Labute approximate surface area is 211 Å². The van der Waals surface area contributed by atoms with Crippen molar-refractivity contribution in [1.82, 2.24) is 0 Å². The van der Waals surface area contributed by atoms with Gasteiger partial charge in [-0.05, 0) is 105 Å². The average molecular weight is 481 g/mol. The second-order valence-corrected chi connectivity index (χ2v) is 10.8. The molecule has 0 aromatic heterocycles. The summed E-state index contributed by atoms with van der Waals surface area (Å²) in [6, 6.07) is 11.1. The predicted molar refractivity (Wildman–Crippen MR) is 142 cm³/mol. The van der Waals surface area contributed by atoms with Crippen molar-refractivity contribution < 1.29 is 13.5 Å². The fourth-order valence-corrected chi connectivity index (χ4v) is 6.49. The van der Waals surface area contributed by atoms with Crippen LogP contribution in [0.15, 0.2) is 49.1 Å². The van der Waals surface area contributed by atoms with Gasteiger partial charge in [-0.3, -0.25) is 0 Å². The largest absolute Gasteiger partial charge is 0.491 e. The number of halogens is 2. The Morgan fingerprint density at radius 1 is 0.800 bits per heavy atom. The zero-order chi connectivity index (χ0) is 24.6. The van der Waals surface area contributed by atoms with Crippen LogP contribution in [-0.2, 0) is 6.42 Å². The summed E-state index contributed by atoms with van der Waals surface area (Å²) in [6.45, 7) is 5.94. The highest BCUT2D eigenvalue weighted by atomic mass is 19.2. The fourth-order valence-electron chi connectivity index (χ4n) is 6.49. The molecule has 2 aliphatic rings. The van der Waals surface area contributed by atoms with Crippen LogP contribution in [0.2, 0.25) is 0 Å². The van der Waals surface area contributed by atoms with Crippen LogP contribution >= 0.6 is 0 Å². The molecule has 2 fully saturated rings. The van der Waals surface area contributed by atoms with Crippen LogP contribution in [0, 0.1) is 35.3 Å². The smallest absolute Gasteiger partial charge is 0.201 e. The van der Waals surface area contributed by atoms with E-state index < -0.39 is 11.6 Å². The van der Waals surface area contributed by atoms with Crippen LogP contribution < -0.4 is 4.74 Å². The van der Waals surface area contributed by atoms with Gasteiger partial charge in [-0.25, -0.2) is 4.39 Å². The molecule has 0 heterocycles. The third-order valence-electron chi connectivity index (χ3n) is 8.68. The van der Waals surface area contributed by atoms with Crippen molar-refractivity contribution in [3.05, 3.63) is 66.3 Å². The first-order valence-corrected chi connectivity index (χ1v) is 13.9. The molecule has 2 aliphatic carbocycles. The second kappa shape index (κ2) is 12.7. The summed E-state index contributed by atoms with van der Waals surface area (Å²) in [5, 5.41) is 0. The van der Waals surface area contributed by atoms with Crippen molar-refractivity contribution in [2.75, 3.05) is 6.61 Å². The van der Waals surface area contributed by atoms with Crippen LogP contribution in [-0.4, -0.2) is 6.61 Å². The SMILES string of the molecule is C=CCCC1CCC(C2CCC(CCc3ccc(-c4ccc(OCC)c(F)c4F)cc3)CC2)CC1. The maximum Gasteiger partial charge on any atom is 0.201 e. The predicted octanol–water partition coefficient (Wildman–Crippen LogP) is 9.54. The van der Waals surface area contributed by atoms with Crippen molar-refractivity contribution in [1.29, 1.82) is 0 Å². The van der Waals surface area contributed by atoms with Gasteiger partial charge in [-0.15, -0.1) is 6.58 Å². The average Bonchev–Trinajstić information content (AvgIpc) is 2.90. The van der Waals surface area contributed by atoms with E-state index in [-0.39, 0.29) is 11.3 Å². The van der Waals surface area contributed by atoms with Crippen LogP contribution in [0.3, 0.4) is 0 Å². The number of hydrogen-bond donors (Lipinski definition) is 0. The highest BCUT2D eigenvalue weighted by Crippen LogP contribution is 2.43. The standard InChI is InChI=1S/C32H42F2O/c1-3-5-6-23-9-15-26(16-10-23)27-17-11-24(12-18-27)7-8-25-13-19-28(20-14-25)29-21-22-30(35-4-2)32(34)31(29)33/h3,13-14,19-24,26-27H,1,4-12,15-18H2,2H3. The molecule has 1 nitrogen and oxygen atoms in total. The number of aryl methyl sites for hydroxylation is 1. The summed E-state index contributed by atoms with van der Waals surface area (Å²) in [5.41, 5.74) is 2.26. The van der Waals surface area contributed by atoms with Crippen LogP contribution in [0.4, 0.5) is 8.78 Å². The summed E-state index contributed by atoms with van der Waals surface area (Å²) < 4.78 is 33.9. The molecule has 0 bridgehead atoms.